The Kier molecular flexibility index (Phi) is 3.73. The molecule has 2 N–H and O–H groups in total. The maximum atomic E-state index is 13.9. The number of likely N-dealkylation sites (tertiary alicyclic amines) is 1. The van der Waals surface area contributed by atoms with Crippen LogP contribution in [0.1, 0.15) is 29.8 Å². The number of halogens is 4. The van der Waals surface area contributed by atoms with Gasteiger partial charge < -0.3 is 10.6 Å². The first-order valence-corrected chi connectivity index (χ1v) is 6.50. The zero-order chi connectivity index (χ0) is 16.0. The minimum absolute atomic E-state index is 0.118. The van der Waals surface area contributed by atoms with Crippen LogP contribution in [0.2, 0.25) is 0 Å². The summed E-state index contributed by atoms with van der Waals surface area (Å²) >= 11 is 0. The van der Waals surface area contributed by atoms with E-state index in [1.165, 1.54) is 4.90 Å². The van der Waals surface area contributed by atoms with E-state index in [2.05, 4.69) is 0 Å². The van der Waals surface area contributed by atoms with Gasteiger partial charge in [0.2, 0.25) is 0 Å². The summed E-state index contributed by atoms with van der Waals surface area (Å²) in [6.07, 6.45) is -4.83. The number of rotatable bonds is 2. The Morgan fingerprint density at radius 3 is 2.38 bits per heavy atom. The normalized spacial score (nSPS) is 17.8. The summed E-state index contributed by atoms with van der Waals surface area (Å²) in [7, 11) is 0. The molecule has 0 spiro atoms. The van der Waals surface area contributed by atoms with Gasteiger partial charge in [0.05, 0.1) is 16.7 Å². The van der Waals surface area contributed by atoms with E-state index in [1.807, 2.05) is 13.8 Å². The van der Waals surface area contributed by atoms with Crippen molar-refractivity contribution in [3.63, 3.8) is 0 Å². The third-order valence-corrected chi connectivity index (χ3v) is 3.94. The second kappa shape index (κ2) is 4.98. The number of nitrogens with two attached hydrogens (primary N) is 1. The molecule has 1 fully saturated rings. The molecule has 0 unspecified atom stereocenters. The van der Waals surface area contributed by atoms with Crippen molar-refractivity contribution in [1.82, 2.24) is 4.90 Å². The van der Waals surface area contributed by atoms with Gasteiger partial charge in [-0.05, 0) is 18.1 Å². The van der Waals surface area contributed by atoms with Crippen molar-refractivity contribution in [1.29, 1.82) is 0 Å². The summed E-state index contributed by atoms with van der Waals surface area (Å²) in [4.78, 5) is 13.4. The highest BCUT2D eigenvalue weighted by molar-refractivity contribution is 5.95. The molecule has 1 aliphatic heterocycles. The lowest BCUT2D eigenvalue weighted by Crippen LogP contribution is -2.71. The average molecular weight is 304 g/mol. The average Bonchev–Trinajstić information content (AvgIpc) is 2.32. The highest BCUT2D eigenvalue weighted by atomic mass is 19.4. The molecule has 7 heteroatoms. The molecule has 1 aromatic rings. The first kappa shape index (κ1) is 15.8. The van der Waals surface area contributed by atoms with Crippen LogP contribution in [-0.2, 0) is 6.18 Å². The van der Waals surface area contributed by atoms with Crippen molar-refractivity contribution in [2.24, 2.45) is 11.7 Å². The second-order valence-corrected chi connectivity index (χ2v) is 5.71. The SMILES string of the molecule is CC(C)C1(N)CN(C(=O)c2cccc(C(F)(F)F)c2F)C1. The van der Waals surface area contributed by atoms with Gasteiger partial charge in [-0.3, -0.25) is 4.79 Å². The number of benzene rings is 1. The van der Waals surface area contributed by atoms with Crippen LogP contribution < -0.4 is 5.73 Å². The molecule has 1 aliphatic rings. The summed E-state index contributed by atoms with van der Waals surface area (Å²) in [6.45, 7) is 4.21. The van der Waals surface area contributed by atoms with E-state index in [0.29, 0.717) is 6.07 Å². The number of nitrogens with zero attached hydrogens (tertiary/aromatic N) is 1. The van der Waals surface area contributed by atoms with Crippen LogP contribution in [0.5, 0.6) is 0 Å². The number of hydrogen-bond donors (Lipinski definition) is 1. The third kappa shape index (κ3) is 2.74. The smallest absolute Gasteiger partial charge is 0.335 e. The molecular formula is C14H16F4N2O. The molecule has 0 radical (unpaired) electrons. The highest BCUT2D eigenvalue weighted by Crippen LogP contribution is 2.34. The van der Waals surface area contributed by atoms with Crippen LogP contribution in [0.4, 0.5) is 17.6 Å². The maximum Gasteiger partial charge on any atom is 0.419 e. The Hall–Kier alpha value is -1.63. The van der Waals surface area contributed by atoms with Crippen LogP contribution in [0.3, 0.4) is 0 Å². The molecule has 0 atom stereocenters. The summed E-state index contributed by atoms with van der Waals surface area (Å²) < 4.78 is 51.8. The quantitative estimate of drug-likeness (QED) is 0.854. The van der Waals surface area contributed by atoms with Crippen molar-refractivity contribution in [3.05, 3.63) is 35.1 Å². The Balaban J connectivity index is 2.23. The standard InChI is InChI=1S/C14H16F4N2O/c1-8(2)13(19)6-20(7-13)12(21)9-4-3-5-10(11(9)15)14(16,17)18/h3-5,8H,6-7,19H2,1-2H3. The molecule has 21 heavy (non-hydrogen) atoms. The molecule has 2 rings (SSSR count). The topological polar surface area (TPSA) is 46.3 Å². The maximum absolute atomic E-state index is 13.9. The molecule has 0 bridgehead atoms. The number of carbonyl (C=O) groups excluding carboxylic acids is 1. The van der Waals surface area contributed by atoms with E-state index in [4.69, 9.17) is 5.73 Å². The van der Waals surface area contributed by atoms with Crippen LogP contribution in [0.25, 0.3) is 0 Å². The molecule has 1 heterocycles. The first-order chi connectivity index (χ1) is 9.56. The Morgan fingerprint density at radius 1 is 1.33 bits per heavy atom. The van der Waals surface area contributed by atoms with Crippen LogP contribution >= 0.6 is 0 Å². The fraction of sp³-hybridized carbons (Fsp3) is 0.500. The number of alkyl halides is 3. The first-order valence-electron chi connectivity index (χ1n) is 6.50. The van der Waals surface area contributed by atoms with Gasteiger partial charge in [0.1, 0.15) is 5.82 Å². The van der Waals surface area contributed by atoms with Crippen LogP contribution in [-0.4, -0.2) is 29.4 Å². The molecule has 0 aromatic heterocycles. The molecule has 116 valence electrons. The zero-order valence-corrected chi connectivity index (χ0v) is 11.7. The van der Waals surface area contributed by atoms with Crippen molar-refractivity contribution in [2.45, 2.75) is 25.6 Å². The van der Waals surface area contributed by atoms with Gasteiger partial charge >= 0.3 is 6.18 Å². The number of hydrogen-bond acceptors (Lipinski definition) is 2. The van der Waals surface area contributed by atoms with Crippen molar-refractivity contribution in [3.8, 4) is 0 Å². The molecule has 0 saturated carbocycles. The fourth-order valence-electron chi connectivity index (χ4n) is 2.26. The van der Waals surface area contributed by atoms with E-state index in [-0.39, 0.29) is 19.0 Å². The molecule has 1 aromatic carbocycles. The van der Waals surface area contributed by atoms with Crippen molar-refractivity contribution < 1.29 is 22.4 Å². The summed E-state index contributed by atoms with van der Waals surface area (Å²) in [6, 6.07) is 2.69. The van der Waals surface area contributed by atoms with Gasteiger partial charge in [-0.15, -0.1) is 0 Å². The lowest BCUT2D eigenvalue weighted by atomic mass is 9.80. The van der Waals surface area contributed by atoms with Gasteiger partial charge in [0, 0.05) is 13.1 Å². The van der Waals surface area contributed by atoms with Gasteiger partial charge in [-0.2, -0.15) is 13.2 Å². The minimum Gasteiger partial charge on any atom is -0.335 e. The summed E-state index contributed by atoms with van der Waals surface area (Å²) in [5.41, 5.74) is 3.45. The lowest BCUT2D eigenvalue weighted by molar-refractivity contribution is -0.140. The Bertz CT molecular complexity index is 563. The summed E-state index contributed by atoms with van der Waals surface area (Å²) in [5.74, 6) is -2.18. The van der Waals surface area contributed by atoms with Gasteiger partial charge in [0.25, 0.3) is 5.91 Å². The predicted octanol–water partition coefficient (Wildman–Crippen LogP) is 2.65. The minimum atomic E-state index is -4.83. The van der Waals surface area contributed by atoms with Crippen LogP contribution in [0, 0.1) is 11.7 Å². The summed E-state index contributed by atoms with van der Waals surface area (Å²) in [5, 5.41) is 0. The van der Waals surface area contributed by atoms with E-state index in [1.54, 1.807) is 0 Å². The van der Waals surface area contributed by atoms with Crippen molar-refractivity contribution in [2.75, 3.05) is 13.1 Å². The highest BCUT2D eigenvalue weighted by Gasteiger charge is 2.45. The molecule has 1 saturated heterocycles. The monoisotopic (exact) mass is 304 g/mol. The van der Waals surface area contributed by atoms with E-state index < -0.39 is 34.6 Å². The lowest BCUT2D eigenvalue weighted by Gasteiger charge is -2.50. The molecule has 3 nitrogen and oxygen atoms in total. The second-order valence-electron chi connectivity index (χ2n) is 5.71. The molecular weight excluding hydrogens is 288 g/mol. The molecule has 1 amide bonds. The Morgan fingerprint density at radius 2 is 1.90 bits per heavy atom. The zero-order valence-electron chi connectivity index (χ0n) is 11.7. The van der Waals surface area contributed by atoms with Crippen LogP contribution in [0.15, 0.2) is 18.2 Å². The van der Waals surface area contributed by atoms with Crippen molar-refractivity contribution >= 4 is 5.91 Å². The fourth-order valence-corrected chi connectivity index (χ4v) is 2.26. The van der Waals surface area contributed by atoms with Gasteiger partial charge in [0.15, 0.2) is 0 Å². The number of carbonyl (C=O) groups is 1. The third-order valence-electron chi connectivity index (χ3n) is 3.94. The largest absolute Gasteiger partial charge is 0.419 e. The predicted molar refractivity (Wildman–Crippen MR) is 69.1 cm³/mol. The van der Waals surface area contributed by atoms with E-state index in [9.17, 15) is 22.4 Å². The van der Waals surface area contributed by atoms with Gasteiger partial charge in [-0.25, -0.2) is 4.39 Å². The van der Waals surface area contributed by atoms with E-state index in [0.717, 1.165) is 12.1 Å². The molecule has 0 aliphatic carbocycles. The van der Waals surface area contributed by atoms with Gasteiger partial charge in [-0.1, -0.05) is 19.9 Å². The Labute approximate surface area is 119 Å². The number of amides is 1. The van der Waals surface area contributed by atoms with E-state index >= 15 is 0 Å².